The van der Waals surface area contributed by atoms with Gasteiger partial charge in [0, 0.05) is 17.9 Å². The fraction of sp³-hybridized carbons (Fsp3) is 0.158. The third-order valence-corrected chi connectivity index (χ3v) is 4.68. The molecule has 3 aromatic rings. The Kier molecular flexibility index (Phi) is 6.18. The third-order valence-electron chi connectivity index (χ3n) is 3.66. The van der Waals surface area contributed by atoms with Gasteiger partial charge < -0.3 is 4.74 Å². The Morgan fingerprint density at radius 1 is 1.07 bits per heavy atom. The van der Waals surface area contributed by atoms with Crippen molar-refractivity contribution in [1.29, 1.82) is 0 Å². The van der Waals surface area contributed by atoms with Crippen LogP contribution in [-0.4, -0.2) is 14.8 Å². The van der Waals surface area contributed by atoms with E-state index in [0.717, 1.165) is 18.2 Å². The smallest absolute Gasteiger partial charge is 0.191 e. The van der Waals surface area contributed by atoms with Gasteiger partial charge in [-0.05, 0) is 30.3 Å². The van der Waals surface area contributed by atoms with E-state index < -0.39 is 17.5 Å². The number of aromatic nitrogens is 3. The topological polar surface area (TPSA) is 39.9 Å². The molecule has 140 valence electrons. The summed E-state index contributed by atoms with van der Waals surface area (Å²) in [5, 5.41) is 8.64. The molecule has 0 aliphatic rings. The molecule has 3 rings (SSSR count). The summed E-state index contributed by atoms with van der Waals surface area (Å²) in [6.45, 7) is 4.11. The fourth-order valence-electron chi connectivity index (χ4n) is 2.35. The Morgan fingerprint density at radius 3 is 2.67 bits per heavy atom. The van der Waals surface area contributed by atoms with E-state index in [1.807, 2.05) is 0 Å². The van der Waals surface area contributed by atoms with Crippen molar-refractivity contribution in [2.24, 2.45) is 0 Å². The molecule has 0 fully saturated rings. The number of hydrogen-bond acceptors (Lipinski definition) is 4. The van der Waals surface area contributed by atoms with Crippen molar-refractivity contribution in [2.45, 2.75) is 24.1 Å². The maximum absolute atomic E-state index is 13.8. The van der Waals surface area contributed by atoms with Gasteiger partial charge in [0.15, 0.2) is 22.5 Å². The number of nitrogens with zero attached hydrogens (tertiary/aromatic N) is 3. The largest absolute Gasteiger partial charge is 0.483 e. The molecule has 0 aliphatic heterocycles. The van der Waals surface area contributed by atoms with E-state index in [-0.39, 0.29) is 23.7 Å². The van der Waals surface area contributed by atoms with Crippen LogP contribution in [0.5, 0.6) is 5.75 Å². The lowest BCUT2D eigenvalue weighted by Gasteiger charge is -2.10. The number of thioether (sulfide) groups is 1. The molecular weight excluding hydrogens is 375 g/mol. The molecule has 0 spiro atoms. The summed E-state index contributed by atoms with van der Waals surface area (Å²) in [6.07, 6.45) is 1.66. The standard InChI is InChI=1S/C19H16F3N3OS/c1-2-9-25-18(11-26-17-6-4-3-5-16(17)22)23-24-19(25)27-12-13-10-14(20)7-8-15(13)21/h2-8,10H,1,9,11-12H2. The molecule has 0 N–H and O–H groups in total. The molecule has 0 saturated heterocycles. The van der Waals surface area contributed by atoms with E-state index in [0.29, 0.717) is 17.5 Å². The van der Waals surface area contributed by atoms with Crippen molar-refractivity contribution >= 4 is 11.8 Å². The molecule has 2 aromatic carbocycles. The molecular formula is C19H16F3N3OS. The highest BCUT2D eigenvalue weighted by Gasteiger charge is 2.14. The van der Waals surface area contributed by atoms with E-state index in [1.54, 1.807) is 22.8 Å². The minimum absolute atomic E-state index is 0.0106. The molecule has 27 heavy (non-hydrogen) atoms. The molecule has 0 amide bonds. The number of rotatable bonds is 8. The Hall–Kier alpha value is -2.74. The second-order valence-electron chi connectivity index (χ2n) is 5.54. The van der Waals surface area contributed by atoms with Crippen LogP contribution in [0.3, 0.4) is 0 Å². The highest BCUT2D eigenvalue weighted by molar-refractivity contribution is 7.98. The van der Waals surface area contributed by atoms with Gasteiger partial charge >= 0.3 is 0 Å². The van der Waals surface area contributed by atoms with Crippen LogP contribution in [0.15, 0.2) is 60.3 Å². The van der Waals surface area contributed by atoms with Crippen LogP contribution < -0.4 is 4.74 Å². The Labute approximate surface area is 158 Å². The number of halogens is 3. The van der Waals surface area contributed by atoms with Crippen LogP contribution in [0, 0.1) is 17.5 Å². The van der Waals surface area contributed by atoms with E-state index in [4.69, 9.17) is 4.74 Å². The van der Waals surface area contributed by atoms with Gasteiger partial charge in [-0.2, -0.15) is 0 Å². The van der Waals surface area contributed by atoms with Crippen LogP contribution in [-0.2, 0) is 18.9 Å². The van der Waals surface area contributed by atoms with Crippen molar-refractivity contribution in [3.63, 3.8) is 0 Å². The lowest BCUT2D eigenvalue weighted by Crippen LogP contribution is -2.08. The fourth-order valence-corrected chi connectivity index (χ4v) is 3.29. The number of allylic oxidation sites excluding steroid dienone is 1. The summed E-state index contributed by atoms with van der Waals surface area (Å²) in [5.74, 6) is -0.682. The van der Waals surface area contributed by atoms with E-state index >= 15 is 0 Å². The molecule has 0 aliphatic carbocycles. The molecule has 0 radical (unpaired) electrons. The van der Waals surface area contributed by atoms with Crippen LogP contribution in [0.2, 0.25) is 0 Å². The van der Waals surface area contributed by atoms with Gasteiger partial charge in [-0.3, -0.25) is 4.57 Å². The molecule has 8 heteroatoms. The van der Waals surface area contributed by atoms with Gasteiger partial charge in [-0.25, -0.2) is 13.2 Å². The van der Waals surface area contributed by atoms with Gasteiger partial charge in [-0.1, -0.05) is 30.0 Å². The van der Waals surface area contributed by atoms with Gasteiger partial charge in [0.05, 0.1) is 0 Å². The average Bonchev–Trinajstić information content (AvgIpc) is 3.04. The Bertz CT molecular complexity index is 946. The molecule has 4 nitrogen and oxygen atoms in total. The van der Waals surface area contributed by atoms with Gasteiger partial charge in [0.2, 0.25) is 0 Å². The number of hydrogen-bond donors (Lipinski definition) is 0. The maximum Gasteiger partial charge on any atom is 0.191 e. The SMILES string of the molecule is C=CCn1c(COc2ccccc2F)nnc1SCc1cc(F)ccc1F. The maximum atomic E-state index is 13.8. The first-order chi connectivity index (χ1) is 13.1. The zero-order valence-corrected chi connectivity index (χ0v) is 15.1. The van der Waals surface area contributed by atoms with Crippen LogP contribution in [0.25, 0.3) is 0 Å². The molecule has 1 aromatic heterocycles. The summed E-state index contributed by atoms with van der Waals surface area (Å²) in [5.41, 5.74) is 0.234. The zero-order valence-electron chi connectivity index (χ0n) is 14.2. The lowest BCUT2D eigenvalue weighted by atomic mass is 10.2. The minimum Gasteiger partial charge on any atom is -0.483 e. The predicted octanol–water partition coefficient (Wildman–Crippen LogP) is 4.75. The summed E-state index contributed by atoms with van der Waals surface area (Å²) < 4.78 is 48.0. The monoisotopic (exact) mass is 391 g/mol. The first kappa shape index (κ1) is 19.0. The van der Waals surface area contributed by atoms with Crippen molar-refractivity contribution in [3.8, 4) is 5.75 Å². The normalized spacial score (nSPS) is 10.8. The predicted molar refractivity (Wildman–Crippen MR) is 96.9 cm³/mol. The molecule has 0 atom stereocenters. The molecule has 0 bridgehead atoms. The van der Waals surface area contributed by atoms with E-state index in [9.17, 15) is 13.2 Å². The third kappa shape index (κ3) is 4.71. The van der Waals surface area contributed by atoms with Crippen LogP contribution in [0.1, 0.15) is 11.4 Å². The highest BCUT2D eigenvalue weighted by atomic mass is 32.2. The first-order valence-electron chi connectivity index (χ1n) is 8.05. The van der Waals surface area contributed by atoms with Crippen molar-refractivity contribution < 1.29 is 17.9 Å². The summed E-state index contributed by atoms with van der Waals surface area (Å²) in [6, 6.07) is 9.38. The highest BCUT2D eigenvalue weighted by Crippen LogP contribution is 2.25. The Balaban J connectivity index is 1.73. The van der Waals surface area contributed by atoms with Gasteiger partial charge in [-0.15, -0.1) is 16.8 Å². The second kappa shape index (κ2) is 8.77. The zero-order chi connectivity index (χ0) is 19.2. The quantitative estimate of drug-likeness (QED) is 0.410. The van der Waals surface area contributed by atoms with Crippen LogP contribution >= 0.6 is 11.8 Å². The van der Waals surface area contributed by atoms with E-state index in [1.165, 1.54) is 23.9 Å². The van der Waals surface area contributed by atoms with E-state index in [2.05, 4.69) is 16.8 Å². The summed E-state index contributed by atoms with van der Waals surface area (Å²) in [7, 11) is 0. The van der Waals surface area contributed by atoms with Crippen molar-refractivity contribution in [2.75, 3.05) is 0 Å². The summed E-state index contributed by atoms with van der Waals surface area (Å²) >= 11 is 1.21. The number of benzene rings is 2. The average molecular weight is 391 g/mol. The Morgan fingerprint density at radius 2 is 1.89 bits per heavy atom. The van der Waals surface area contributed by atoms with Crippen LogP contribution in [0.4, 0.5) is 13.2 Å². The summed E-state index contributed by atoms with van der Waals surface area (Å²) in [4.78, 5) is 0. The number of para-hydroxylation sites is 1. The van der Waals surface area contributed by atoms with Gasteiger partial charge in [0.1, 0.15) is 18.2 Å². The second-order valence-corrected chi connectivity index (χ2v) is 6.48. The first-order valence-corrected chi connectivity index (χ1v) is 9.04. The van der Waals surface area contributed by atoms with Crippen molar-refractivity contribution in [1.82, 2.24) is 14.8 Å². The molecule has 1 heterocycles. The minimum atomic E-state index is -0.501. The number of ether oxygens (including phenoxy) is 1. The molecule has 0 unspecified atom stereocenters. The lowest BCUT2D eigenvalue weighted by molar-refractivity contribution is 0.275. The van der Waals surface area contributed by atoms with Crippen molar-refractivity contribution in [3.05, 3.63) is 84.0 Å². The molecule has 0 saturated carbocycles. The van der Waals surface area contributed by atoms with Gasteiger partial charge in [0.25, 0.3) is 0 Å².